The Bertz CT molecular complexity index is 1150. The van der Waals surface area contributed by atoms with Crippen molar-refractivity contribution >= 4 is 40.1 Å². The van der Waals surface area contributed by atoms with E-state index in [2.05, 4.69) is 10.5 Å². The quantitative estimate of drug-likeness (QED) is 0.391. The Morgan fingerprint density at radius 2 is 1.88 bits per heavy atom. The fourth-order valence-corrected chi connectivity index (χ4v) is 4.99. The minimum absolute atomic E-state index is 0.0144. The van der Waals surface area contributed by atoms with Crippen LogP contribution in [0.4, 0.5) is 11.4 Å². The molecule has 1 aliphatic carbocycles. The van der Waals surface area contributed by atoms with Crippen molar-refractivity contribution in [2.24, 2.45) is 22.9 Å². The summed E-state index contributed by atoms with van der Waals surface area (Å²) in [4.78, 5) is 46.5. The van der Waals surface area contributed by atoms with E-state index in [0.29, 0.717) is 17.2 Å². The van der Waals surface area contributed by atoms with Crippen LogP contribution in [0.5, 0.6) is 0 Å². The molecule has 1 aromatic heterocycles. The van der Waals surface area contributed by atoms with Crippen LogP contribution < -0.4 is 5.43 Å². The predicted octanol–water partition coefficient (Wildman–Crippen LogP) is 2.15. The monoisotopic (exact) mass is 458 g/mol. The molecule has 12 nitrogen and oxygen atoms in total. The first kappa shape index (κ1) is 20.4. The number of rotatable bonds is 6. The van der Waals surface area contributed by atoms with Gasteiger partial charge in [-0.15, -0.1) is 11.3 Å². The van der Waals surface area contributed by atoms with E-state index >= 15 is 0 Å². The topological polar surface area (TPSA) is 163 Å². The van der Waals surface area contributed by atoms with E-state index in [0.717, 1.165) is 18.2 Å². The summed E-state index contributed by atoms with van der Waals surface area (Å²) in [7, 11) is 0. The number of fused-ring (bicyclic) bond motifs is 4. The van der Waals surface area contributed by atoms with Crippen LogP contribution >= 0.6 is 11.3 Å². The SMILES string of the molecule is O=C(N/N=C1/[C@@H]2OC[C@H](O2)[C@@H]2[C@@H](C(=O)c3cccs3)[C@@H]12)c1cc([N+](=O)[O-])cc([N+](=O)[O-])c1. The Morgan fingerprint density at radius 3 is 2.50 bits per heavy atom. The van der Waals surface area contributed by atoms with E-state index in [9.17, 15) is 29.8 Å². The van der Waals surface area contributed by atoms with Crippen LogP contribution in [0.3, 0.4) is 0 Å². The van der Waals surface area contributed by atoms with E-state index in [4.69, 9.17) is 9.47 Å². The zero-order valence-electron chi connectivity index (χ0n) is 16.1. The molecule has 2 aliphatic heterocycles. The first-order valence-corrected chi connectivity index (χ1v) is 10.4. The smallest absolute Gasteiger partial charge is 0.277 e. The second-order valence-electron chi connectivity index (χ2n) is 7.54. The highest BCUT2D eigenvalue weighted by molar-refractivity contribution is 7.12. The number of hydrogen-bond donors (Lipinski definition) is 1. The molecule has 1 N–H and O–H groups in total. The normalized spacial score (nSPS) is 28.8. The van der Waals surface area contributed by atoms with Crippen LogP contribution in [0, 0.1) is 38.0 Å². The van der Waals surface area contributed by atoms with Gasteiger partial charge in [0.05, 0.1) is 44.8 Å². The summed E-state index contributed by atoms with van der Waals surface area (Å²) in [5.74, 6) is -1.59. The minimum Gasteiger partial charge on any atom is -0.344 e. The third-order valence-corrected chi connectivity index (χ3v) is 6.62. The Morgan fingerprint density at radius 1 is 1.16 bits per heavy atom. The summed E-state index contributed by atoms with van der Waals surface area (Å²) in [5.41, 5.74) is 1.14. The second-order valence-corrected chi connectivity index (χ2v) is 8.49. The standard InChI is InChI=1S/C19H14N4O8S/c24-17(12-2-1-3-32-12)15-13-11-7-30-19(31-11)16(14(13)15)20-21-18(25)8-4-9(22(26)27)6-10(5-8)23(28)29/h1-6,11,13-15,19H,7H2,(H,21,25)/b20-16+/t11-,13-,14-,15+,19+/m0/s1. The third-order valence-electron chi connectivity index (χ3n) is 5.74. The molecule has 2 saturated heterocycles. The van der Waals surface area contributed by atoms with Crippen LogP contribution in [0.25, 0.3) is 0 Å². The van der Waals surface area contributed by atoms with Crippen molar-refractivity contribution < 1.29 is 28.9 Å². The largest absolute Gasteiger partial charge is 0.344 e. The number of carbonyl (C=O) groups is 2. The van der Waals surface area contributed by atoms with Gasteiger partial charge in [0.15, 0.2) is 12.1 Å². The average molecular weight is 458 g/mol. The van der Waals surface area contributed by atoms with Crippen molar-refractivity contribution in [2.75, 3.05) is 6.61 Å². The molecular formula is C19H14N4O8S. The highest BCUT2D eigenvalue weighted by Gasteiger charge is 2.67. The molecule has 0 radical (unpaired) electrons. The molecule has 5 atom stereocenters. The summed E-state index contributed by atoms with van der Waals surface area (Å²) < 4.78 is 11.3. The minimum atomic E-state index is -0.872. The lowest BCUT2D eigenvalue weighted by Crippen LogP contribution is -2.33. The second kappa shape index (κ2) is 7.55. The lowest BCUT2D eigenvalue weighted by atomic mass is 10.1. The molecule has 32 heavy (non-hydrogen) atoms. The van der Waals surface area contributed by atoms with Crippen LogP contribution in [-0.4, -0.2) is 46.2 Å². The van der Waals surface area contributed by atoms with Crippen molar-refractivity contribution in [1.82, 2.24) is 5.43 Å². The van der Waals surface area contributed by atoms with E-state index in [-0.39, 0.29) is 35.2 Å². The number of hydrazone groups is 1. The highest BCUT2D eigenvalue weighted by Crippen LogP contribution is 2.57. The van der Waals surface area contributed by atoms with Gasteiger partial charge in [0, 0.05) is 29.9 Å². The molecule has 3 fully saturated rings. The summed E-state index contributed by atoms with van der Waals surface area (Å²) in [6.45, 7) is 0.310. The fraction of sp³-hybridized carbons (Fsp3) is 0.316. The maximum Gasteiger partial charge on any atom is 0.277 e. The molecular weight excluding hydrogens is 444 g/mol. The molecule has 2 bridgehead atoms. The van der Waals surface area contributed by atoms with Crippen molar-refractivity contribution in [1.29, 1.82) is 0 Å². The molecule has 1 saturated carbocycles. The lowest BCUT2D eigenvalue weighted by molar-refractivity contribution is -0.394. The van der Waals surface area contributed by atoms with Crippen LogP contribution in [0.15, 0.2) is 40.8 Å². The Labute approximate surface area is 183 Å². The summed E-state index contributed by atoms with van der Waals surface area (Å²) in [6, 6.07) is 6.15. The van der Waals surface area contributed by atoms with Crippen LogP contribution in [0.1, 0.15) is 20.0 Å². The molecule has 0 spiro atoms. The number of nitrogens with one attached hydrogen (secondary N) is 1. The van der Waals surface area contributed by atoms with Crippen molar-refractivity contribution in [3.05, 3.63) is 66.4 Å². The number of ketones is 1. The van der Waals surface area contributed by atoms with Gasteiger partial charge in [-0.2, -0.15) is 5.10 Å². The van der Waals surface area contributed by atoms with Gasteiger partial charge in [0.2, 0.25) is 0 Å². The Hall–Kier alpha value is -3.55. The number of carbonyl (C=O) groups excluding carboxylic acids is 2. The Kier molecular flexibility index (Phi) is 4.80. The number of nitrogens with zero attached hydrogens (tertiary/aromatic N) is 3. The van der Waals surface area contributed by atoms with E-state index < -0.39 is 33.4 Å². The highest BCUT2D eigenvalue weighted by atomic mass is 32.1. The van der Waals surface area contributed by atoms with E-state index in [1.165, 1.54) is 11.3 Å². The maximum absolute atomic E-state index is 12.9. The van der Waals surface area contributed by atoms with Crippen molar-refractivity contribution in [3.63, 3.8) is 0 Å². The summed E-state index contributed by atoms with van der Waals surface area (Å²) in [5, 5.41) is 28.0. The van der Waals surface area contributed by atoms with Gasteiger partial charge in [-0.05, 0) is 11.4 Å². The van der Waals surface area contributed by atoms with Gasteiger partial charge in [-0.25, -0.2) is 5.43 Å². The first-order chi connectivity index (χ1) is 15.3. The van der Waals surface area contributed by atoms with Gasteiger partial charge in [-0.1, -0.05) is 6.07 Å². The number of nitro groups is 2. The number of ether oxygens (including phenoxy) is 2. The first-order valence-electron chi connectivity index (χ1n) is 9.51. The lowest BCUT2D eigenvalue weighted by Gasteiger charge is -2.18. The predicted molar refractivity (Wildman–Crippen MR) is 108 cm³/mol. The number of amides is 1. The molecule has 13 heteroatoms. The van der Waals surface area contributed by atoms with Gasteiger partial charge < -0.3 is 9.47 Å². The fourth-order valence-electron chi connectivity index (χ4n) is 4.28. The van der Waals surface area contributed by atoms with Crippen LogP contribution in [0.2, 0.25) is 0 Å². The van der Waals surface area contributed by atoms with Gasteiger partial charge in [0.25, 0.3) is 17.3 Å². The summed E-state index contributed by atoms with van der Waals surface area (Å²) in [6.07, 6.45) is -1.03. The molecule has 2 aromatic rings. The molecule has 1 aromatic carbocycles. The molecule has 0 unspecified atom stereocenters. The average Bonchev–Trinajstić information content (AvgIpc) is 3.12. The molecule has 5 rings (SSSR count). The molecule has 3 heterocycles. The zero-order valence-corrected chi connectivity index (χ0v) is 16.9. The number of nitro benzene ring substituents is 2. The third kappa shape index (κ3) is 3.36. The van der Waals surface area contributed by atoms with E-state index in [1.807, 2.05) is 5.38 Å². The zero-order chi connectivity index (χ0) is 22.6. The number of hydrogen-bond acceptors (Lipinski definition) is 10. The van der Waals surface area contributed by atoms with Gasteiger partial charge in [0.1, 0.15) is 0 Å². The molecule has 3 aliphatic rings. The maximum atomic E-state index is 12.9. The van der Waals surface area contributed by atoms with Crippen molar-refractivity contribution in [2.45, 2.75) is 12.4 Å². The molecule has 1 amide bonds. The van der Waals surface area contributed by atoms with Crippen molar-refractivity contribution in [3.8, 4) is 0 Å². The number of Topliss-reactive ketones (excluding diaryl/α,β-unsaturated/α-hetero) is 1. The number of benzene rings is 1. The Balaban J connectivity index is 1.39. The van der Waals surface area contributed by atoms with Gasteiger partial charge in [-0.3, -0.25) is 29.8 Å². The number of thiophene rings is 1. The van der Waals surface area contributed by atoms with Gasteiger partial charge >= 0.3 is 0 Å². The van der Waals surface area contributed by atoms with Crippen LogP contribution in [-0.2, 0) is 9.47 Å². The number of non-ortho nitro benzene ring substituents is 2. The molecule has 164 valence electrons. The van der Waals surface area contributed by atoms with E-state index in [1.54, 1.807) is 12.1 Å². The summed E-state index contributed by atoms with van der Waals surface area (Å²) >= 11 is 1.35.